The van der Waals surface area contributed by atoms with Gasteiger partial charge >= 0.3 is 0 Å². The van der Waals surface area contributed by atoms with Crippen molar-refractivity contribution in [2.45, 2.75) is 49.5 Å². The number of nitrogens with one attached hydrogen (secondary N) is 1. The molecule has 2 aliphatic rings. The maximum Gasteiger partial charge on any atom is 0.156 e. The zero-order chi connectivity index (χ0) is 12.3. The minimum atomic E-state index is 0.513. The molecule has 0 saturated heterocycles. The molecule has 17 heavy (non-hydrogen) atoms. The van der Waals surface area contributed by atoms with Crippen molar-refractivity contribution in [3.8, 4) is 0 Å². The zero-order valence-corrected chi connectivity index (χ0v) is 12.8. The van der Waals surface area contributed by atoms with Crippen molar-refractivity contribution >= 4 is 28.7 Å². The SMILES string of the molecule is CSC1(CNC2=NCC(CC(C)C)S2)CCC1. The molecule has 0 aromatic carbocycles. The Labute approximate surface area is 114 Å². The molecule has 2 rings (SSSR count). The van der Waals surface area contributed by atoms with Gasteiger partial charge in [-0.05, 0) is 31.4 Å². The average Bonchev–Trinajstić information content (AvgIpc) is 2.64. The predicted octanol–water partition coefficient (Wildman–Crippen LogP) is 3.38. The summed E-state index contributed by atoms with van der Waals surface area (Å²) >= 11 is 3.98. The minimum absolute atomic E-state index is 0.513. The van der Waals surface area contributed by atoms with Crippen molar-refractivity contribution in [1.82, 2.24) is 5.32 Å². The van der Waals surface area contributed by atoms with E-state index in [1.807, 2.05) is 23.5 Å². The lowest BCUT2D eigenvalue weighted by Crippen LogP contribution is -2.44. The third kappa shape index (κ3) is 3.57. The molecule has 0 bridgehead atoms. The molecule has 1 N–H and O–H groups in total. The molecule has 4 heteroatoms. The quantitative estimate of drug-likeness (QED) is 0.830. The number of amidine groups is 1. The smallest absolute Gasteiger partial charge is 0.156 e. The van der Waals surface area contributed by atoms with Crippen LogP contribution in [0.4, 0.5) is 0 Å². The number of rotatable bonds is 5. The molecule has 1 fully saturated rings. The third-order valence-electron chi connectivity index (χ3n) is 3.71. The highest BCUT2D eigenvalue weighted by Gasteiger charge is 2.36. The molecule has 1 aliphatic heterocycles. The molecule has 0 amide bonds. The van der Waals surface area contributed by atoms with Crippen LogP contribution in [0.5, 0.6) is 0 Å². The Kier molecular flexibility index (Phi) is 4.70. The van der Waals surface area contributed by atoms with E-state index in [-0.39, 0.29) is 0 Å². The fraction of sp³-hybridized carbons (Fsp3) is 0.923. The Morgan fingerprint density at radius 2 is 2.29 bits per heavy atom. The van der Waals surface area contributed by atoms with E-state index in [1.165, 1.54) is 30.9 Å². The summed E-state index contributed by atoms with van der Waals surface area (Å²) in [7, 11) is 0. The van der Waals surface area contributed by atoms with Crippen LogP contribution >= 0.6 is 23.5 Å². The summed E-state index contributed by atoms with van der Waals surface area (Å²) in [6.07, 6.45) is 7.67. The van der Waals surface area contributed by atoms with Crippen LogP contribution in [0.25, 0.3) is 0 Å². The molecular weight excluding hydrogens is 248 g/mol. The normalized spacial score (nSPS) is 26.8. The largest absolute Gasteiger partial charge is 0.364 e. The van der Waals surface area contributed by atoms with Crippen LogP contribution < -0.4 is 5.32 Å². The van der Waals surface area contributed by atoms with Crippen molar-refractivity contribution in [2.24, 2.45) is 10.9 Å². The van der Waals surface area contributed by atoms with Crippen LogP contribution in [0.15, 0.2) is 4.99 Å². The Hall–Kier alpha value is 0.170. The van der Waals surface area contributed by atoms with E-state index in [1.54, 1.807) is 0 Å². The molecule has 0 radical (unpaired) electrons. The molecular formula is C13H24N2S2. The Morgan fingerprint density at radius 1 is 1.53 bits per heavy atom. The number of hydrogen-bond acceptors (Lipinski definition) is 4. The van der Waals surface area contributed by atoms with Gasteiger partial charge in [-0.3, -0.25) is 4.99 Å². The van der Waals surface area contributed by atoms with E-state index in [2.05, 4.69) is 30.4 Å². The maximum atomic E-state index is 4.63. The number of aliphatic imine (C=N–C) groups is 1. The molecule has 0 aromatic heterocycles. The van der Waals surface area contributed by atoms with Crippen LogP contribution in [-0.4, -0.2) is 34.5 Å². The van der Waals surface area contributed by atoms with Crippen LogP contribution in [0, 0.1) is 5.92 Å². The molecule has 1 aliphatic carbocycles. The topological polar surface area (TPSA) is 24.4 Å². The van der Waals surface area contributed by atoms with Crippen LogP contribution in [0.2, 0.25) is 0 Å². The van der Waals surface area contributed by atoms with Gasteiger partial charge in [-0.15, -0.1) is 0 Å². The number of thioether (sulfide) groups is 2. The van der Waals surface area contributed by atoms with Crippen molar-refractivity contribution in [3.05, 3.63) is 0 Å². The summed E-state index contributed by atoms with van der Waals surface area (Å²) in [6, 6.07) is 0. The fourth-order valence-corrected chi connectivity index (χ4v) is 4.59. The number of hydrogen-bond donors (Lipinski definition) is 1. The van der Waals surface area contributed by atoms with Crippen LogP contribution in [-0.2, 0) is 0 Å². The fourth-order valence-electron chi connectivity index (χ4n) is 2.42. The van der Waals surface area contributed by atoms with E-state index in [4.69, 9.17) is 0 Å². The van der Waals surface area contributed by atoms with Gasteiger partial charge < -0.3 is 5.32 Å². The van der Waals surface area contributed by atoms with Gasteiger partial charge in [0.25, 0.3) is 0 Å². The standard InChI is InChI=1S/C13H24N2S2/c1-10(2)7-11-8-14-12(17-11)15-9-13(16-3)5-4-6-13/h10-11H,4-9H2,1-3H3,(H,14,15). The third-order valence-corrected chi connectivity index (χ3v) is 6.30. The van der Waals surface area contributed by atoms with Crippen molar-refractivity contribution in [3.63, 3.8) is 0 Å². The van der Waals surface area contributed by atoms with Crippen LogP contribution in [0.3, 0.4) is 0 Å². The summed E-state index contributed by atoms with van der Waals surface area (Å²) in [5.41, 5.74) is 0. The first kappa shape index (κ1) is 13.6. The molecule has 0 spiro atoms. The van der Waals surface area contributed by atoms with E-state index < -0.39 is 0 Å². The van der Waals surface area contributed by atoms with Crippen LogP contribution in [0.1, 0.15) is 39.5 Å². The lowest BCUT2D eigenvalue weighted by molar-refractivity contribution is 0.362. The first-order valence-electron chi connectivity index (χ1n) is 6.64. The summed E-state index contributed by atoms with van der Waals surface area (Å²) in [5, 5.41) is 5.47. The summed E-state index contributed by atoms with van der Waals surface area (Å²) in [4.78, 5) is 4.63. The molecule has 1 saturated carbocycles. The second kappa shape index (κ2) is 5.87. The first-order valence-corrected chi connectivity index (χ1v) is 8.74. The lowest BCUT2D eigenvalue weighted by Gasteiger charge is -2.40. The van der Waals surface area contributed by atoms with Gasteiger partial charge in [-0.1, -0.05) is 32.0 Å². The number of nitrogens with zero attached hydrogens (tertiary/aromatic N) is 1. The van der Waals surface area contributed by atoms with Gasteiger partial charge in [-0.25, -0.2) is 0 Å². The van der Waals surface area contributed by atoms with Gasteiger partial charge in [0.05, 0.1) is 6.54 Å². The highest BCUT2D eigenvalue weighted by atomic mass is 32.2. The molecule has 1 unspecified atom stereocenters. The molecule has 0 aromatic rings. The van der Waals surface area contributed by atoms with Gasteiger partial charge in [0.15, 0.2) is 5.17 Å². The van der Waals surface area contributed by atoms with E-state index >= 15 is 0 Å². The Morgan fingerprint density at radius 3 is 2.82 bits per heavy atom. The Balaban J connectivity index is 1.71. The summed E-state index contributed by atoms with van der Waals surface area (Å²) in [6.45, 7) is 6.71. The van der Waals surface area contributed by atoms with E-state index in [0.29, 0.717) is 10.00 Å². The molecule has 2 nitrogen and oxygen atoms in total. The lowest BCUT2D eigenvalue weighted by atomic mass is 9.84. The summed E-state index contributed by atoms with van der Waals surface area (Å²) < 4.78 is 0.513. The van der Waals surface area contributed by atoms with Gasteiger partial charge in [0.1, 0.15) is 0 Å². The second-order valence-electron chi connectivity index (χ2n) is 5.61. The minimum Gasteiger partial charge on any atom is -0.364 e. The van der Waals surface area contributed by atoms with Crippen molar-refractivity contribution < 1.29 is 0 Å². The molecule has 1 atom stereocenters. The second-order valence-corrected chi connectivity index (χ2v) is 8.17. The first-order chi connectivity index (χ1) is 8.13. The van der Waals surface area contributed by atoms with Crippen molar-refractivity contribution in [1.29, 1.82) is 0 Å². The summed E-state index contributed by atoms with van der Waals surface area (Å²) in [5.74, 6) is 0.784. The van der Waals surface area contributed by atoms with Gasteiger partial charge in [0.2, 0.25) is 0 Å². The highest BCUT2D eigenvalue weighted by molar-refractivity contribution is 8.14. The van der Waals surface area contributed by atoms with E-state index in [0.717, 1.165) is 19.0 Å². The molecule has 98 valence electrons. The molecule has 1 heterocycles. The average molecular weight is 272 g/mol. The Bertz CT molecular complexity index is 280. The monoisotopic (exact) mass is 272 g/mol. The van der Waals surface area contributed by atoms with E-state index in [9.17, 15) is 0 Å². The van der Waals surface area contributed by atoms with Gasteiger partial charge in [0, 0.05) is 16.5 Å². The van der Waals surface area contributed by atoms with Gasteiger partial charge in [-0.2, -0.15) is 11.8 Å². The van der Waals surface area contributed by atoms with Crippen molar-refractivity contribution in [2.75, 3.05) is 19.3 Å². The zero-order valence-electron chi connectivity index (χ0n) is 11.2. The predicted molar refractivity (Wildman–Crippen MR) is 81.2 cm³/mol. The maximum absolute atomic E-state index is 4.63. The highest BCUT2D eigenvalue weighted by Crippen LogP contribution is 2.42.